The third kappa shape index (κ3) is 5.79. The monoisotopic (exact) mass is 531 g/mol. The summed E-state index contributed by atoms with van der Waals surface area (Å²) in [6.45, 7) is 4.51. The lowest BCUT2D eigenvalue weighted by molar-refractivity contribution is 0.0696. The number of H-pyrrole nitrogens is 1. The topological polar surface area (TPSA) is 137 Å². The van der Waals surface area contributed by atoms with E-state index >= 15 is 0 Å². The first kappa shape index (κ1) is 26.4. The highest BCUT2D eigenvalue weighted by Gasteiger charge is 2.35. The van der Waals surface area contributed by atoms with Gasteiger partial charge in [0.25, 0.3) is 0 Å². The zero-order valence-electron chi connectivity index (χ0n) is 22.1. The molecular formula is C28H33N7O4. The average molecular weight is 532 g/mol. The van der Waals surface area contributed by atoms with Crippen LogP contribution in [0.3, 0.4) is 0 Å². The molecule has 11 nitrogen and oxygen atoms in total. The number of nitrogens with zero attached hydrogens (tertiary/aromatic N) is 4. The summed E-state index contributed by atoms with van der Waals surface area (Å²) in [6.07, 6.45) is 11.3. The molecule has 1 aliphatic carbocycles. The van der Waals surface area contributed by atoms with E-state index in [-0.39, 0.29) is 23.6 Å². The molecule has 39 heavy (non-hydrogen) atoms. The fraction of sp³-hybridized carbons (Fsp3) is 0.357. The third-order valence-corrected chi connectivity index (χ3v) is 7.28. The van der Waals surface area contributed by atoms with Crippen LogP contribution in [0.5, 0.6) is 0 Å². The highest BCUT2D eigenvalue weighted by Crippen LogP contribution is 2.32. The molecular weight excluding hydrogens is 498 g/mol. The van der Waals surface area contributed by atoms with Crippen LogP contribution in [-0.2, 0) is 4.74 Å². The summed E-state index contributed by atoms with van der Waals surface area (Å²) >= 11 is 0. The lowest BCUT2D eigenvalue weighted by Gasteiger charge is -2.21. The summed E-state index contributed by atoms with van der Waals surface area (Å²) in [5.41, 5.74) is 4.51. The molecule has 3 heterocycles. The molecule has 2 aromatic heterocycles. The molecule has 1 saturated heterocycles. The number of urea groups is 1. The molecule has 11 heteroatoms. The predicted octanol–water partition coefficient (Wildman–Crippen LogP) is 3.71. The van der Waals surface area contributed by atoms with Gasteiger partial charge < -0.3 is 15.2 Å². The van der Waals surface area contributed by atoms with Crippen molar-refractivity contribution in [2.45, 2.75) is 31.7 Å². The van der Waals surface area contributed by atoms with Gasteiger partial charge in [-0.1, -0.05) is 24.3 Å². The number of anilines is 1. The van der Waals surface area contributed by atoms with Gasteiger partial charge >= 0.3 is 12.0 Å². The third-order valence-electron chi connectivity index (χ3n) is 7.28. The number of benzene rings is 1. The molecule has 1 aliphatic heterocycles. The Kier molecular flexibility index (Phi) is 7.89. The van der Waals surface area contributed by atoms with E-state index in [1.54, 1.807) is 42.4 Å². The number of hydrogen-bond donors (Lipinski definition) is 4. The Morgan fingerprint density at radius 2 is 2.15 bits per heavy atom. The first-order valence-corrected chi connectivity index (χ1v) is 13.0. The molecule has 1 fully saturated rings. The minimum Gasteiger partial charge on any atom is -0.478 e. The number of aromatic carboxylic acids is 1. The highest BCUT2D eigenvalue weighted by molar-refractivity contribution is 5.91. The number of carbonyl (C=O) groups excluding carboxylic acids is 1. The van der Waals surface area contributed by atoms with Gasteiger partial charge in [-0.2, -0.15) is 10.2 Å². The second-order valence-electron chi connectivity index (χ2n) is 9.84. The lowest BCUT2D eigenvalue weighted by atomic mass is 9.93. The number of carbonyl (C=O) groups is 2. The maximum absolute atomic E-state index is 13.5. The Labute approximate surface area is 226 Å². The number of carboxylic acid groups (broad SMARTS) is 1. The number of aromatic nitrogens is 4. The number of likely N-dealkylation sites (tertiary alicyclic amines) is 1. The van der Waals surface area contributed by atoms with Crippen LogP contribution in [-0.4, -0.2) is 81.4 Å². The van der Waals surface area contributed by atoms with E-state index in [1.165, 1.54) is 0 Å². The van der Waals surface area contributed by atoms with Gasteiger partial charge in [0.05, 0.1) is 24.4 Å². The van der Waals surface area contributed by atoms with Crippen molar-refractivity contribution in [3.8, 4) is 11.3 Å². The van der Waals surface area contributed by atoms with Crippen LogP contribution < -0.4 is 10.6 Å². The van der Waals surface area contributed by atoms with Gasteiger partial charge in [-0.3, -0.25) is 15.3 Å². The fourth-order valence-electron chi connectivity index (χ4n) is 5.26. The number of hydrogen-bond acceptors (Lipinski definition) is 6. The molecule has 2 aliphatic rings. The molecule has 0 saturated carbocycles. The number of aromatic amines is 1. The maximum Gasteiger partial charge on any atom is 0.335 e. The van der Waals surface area contributed by atoms with Crippen molar-refractivity contribution < 1.29 is 19.4 Å². The van der Waals surface area contributed by atoms with E-state index in [2.05, 4.69) is 31.8 Å². The quantitative estimate of drug-likeness (QED) is 0.330. The zero-order chi connectivity index (χ0) is 27.4. The number of carboxylic acids is 1. The van der Waals surface area contributed by atoms with E-state index in [0.717, 1.165) is 40.9 Å². The molecule has 2 atom stereocenters. The Bertz CT molecular complexity index is 1390. The largest absolute Gasteiger partial charge is 0.478 e. The Morgan fingerprint density at radius 1 is 1.28 bits per heavy atom. The standard InChI is InChI=1S/C28H33N7O4/c1-18-25(21-14-29-30-15-21)33-35(22-9-4-3-5-10-22)26(18)32-28(38)31-24-17-34(11-12-39-2)16-23(24)19-7-6-8-20(13-19)27(36)37/h3-4,6-9,13-15,23-24H,5,10-12,16-17H2,1-2H3,(H,29,30)(H,36,37)(H2,31,32,38)/t23-,24?/m0/s1. The smallest absolute Gasteiger partial charge is 0.335 e. The summed E-state index contributed by atoms with van der Waals surface area (Å²) < 4.78 is 7.06. The van der Waals surface area contributed by atoms with Gasteiger partial charge in [0.1, 0.15) is 11.5 Å². The van der Waals surface area contributed by atoms with E-state index in [0.29, 0.717) is 32.1 Å². The van der Waals surface area contributed by atoms with Crippen molar-refractivity contribution in [2.75, 3.05) is 38.7 Å². The number of amides is 2. The highest BCUT2D eigenvalue weighted by atomic mass is 16.5. The fourth-order valence-corrected chi connectivity index (χ4v) is 5.26. The first-order chi connectivity index (χ1) is 18.9. The van der Waals surface area contributed by atoms with Crippen molar-refractivity contribution in [1.29, 1.82) is 0 Å². The second kappa shape index (κ2) is 11.7. The Hall–Kier alpha value is -4.22. The molecule has 1 unspecified atom stereocenters. The average Bonchev–Trinajstić information content (AvgIpc) is 3.68. The van der Waals surface area contributed by atoms with Crippen LogP contribution in [0.2, 0.25) is 0 Å². The summed E-state index contributed by atoms with van der Waals surface area (Å²) in [4.78, 5) is 27.3. The van der Waals surface area contributed by atoms with Gasteiger partial charge in [-0.05, 0) is 43.5 Å². The molecule has 3 aromatic rings. The van der Waals surface area contributed by atoms with Crippen molar-refractivity contribution >= 4 is 23.5 Å². The van der Waals surface area contributed by atoms with Gasteiger partial charge in [-0.25, -0.2) is 14.3 Å². The van der Waals surface area contributed by atoms with Crippen molar-refractivity contribution in [2.24, 2.45) is 0 Å². The van der Waals surface area contributed by atoms with E-state index in [9.17, 15) is 14.7 Å². The molecule has 204 valence electrons. The van der Waals surface area contributed by atoms with Crippen LogP contribution in [0.25, 0.3) is 17.0 Å². The van der Waals surface area contributed by atoms with Crippen LogP contribution in [0.1, 0.15) is 40.2 Å². The van der Waals surface area contributed by atoms with E-state index in [4.69, 9.17) is 9.84 Å². The second-order valence-corrected chi connectivity index (χ2v) is 9.84. The van der Waals surface area contributed by atoms with E-state index < -0.39 is 5.97 Å². The number of ether oxygens (including phenoxy) is 1. The minimum atomic E-state index is -0.975. The zero-order valence-corrected chi connectivity index (χ0v) is 22.1. The van der Waals surface area contributed by atoms with Crippen molar-refractivity contribution in [1.82, 2.24) is 30.2 Å². The van der Waals surface area contributed by atoms with Crippen LogP contribution in [0, 0.1) is 6.92 Å². The molecule has 0 bridgehead atoms. The summed E-state index contributed by atoms with van der Waals surface area (Å²) in [7, 11) is 1.66. The van der Waals surface area contributed by atoms with Crippen LogP contribution in [0.15, 0.2) is 54.9 Å². The minimum absolute atomic E-state index is 0.0782. The van der Waals surface area contributed by atoms with Gasteiger partial charge in [0.2, 0.25) is 0 Å². The van der Waals surface area contributed by atoms with Crippen LogP contribution in [0.4, 0.5) is 10.6 Å². The SMILES string of the molecule is COCCN1CC(NC(=O)Nc2c(C)c(-c3cn[nH]c3)nn2C2=CC=CCC2)[C@H](c2cccc(C(=O)O)c2)C1. The van der Waals surface area contributed by atoms with Crippen LogP contribution >= 0.6 is 0 Å². The Balaban J connectivity index is 1.40. The lowest BCUT2D eigenvalue weighted by Crippen LogP contribution is -2.42. The summed E-state index contributed by atoms with van der Waals surface area (Å²) in [5, 5.41) is 27.4. The number of rotatable bonds is 9. The Morgan fingerprint density at radius 3 is 2.87 bits per heavy atom. The normalized spacial score (nSPS) is 19.2. The molecule has 2 amide bonds. The number of allylic oxidation sites excluding steroid dienone is 4. The molecule has 4 N–H and O–H groups in total. The van der Waals surface area contributed by atoms with Gasteiger partial charge in [0, 0.05) is 55.7 Å². The van der Waals surface area contributed by atoms with Gasteiger partial charge in [0.15, 0.2) is 0 Å². The summed E-state index contributed by atoms with van der Waals surface area (Å²) in [5.74, 6) is -0.452. The van der Waals surface area contributed by atoms with E-state index in [1.807, 2.05) is 25.1 Å². The first-order valence-electron chi connectivity index (χ1n) is 13.0. The van der Waals surface area contributed by atoms with Crippen molar-refractivity contribution in [3.05, 3.63) is 71.6 Å². The molecule has 5 rings (SSSR count). The maximum atomic E-state index is 13.5. The molecule has 0 spiro atoms. The number of nitrogens with one attached hydrogen (secondary N) is 3. The molecule has 0 radical (unpaired) electrons. The van der Waals surface area contributed by atoms with Crippen molar-refractivity contribution in [3.63, 3.8) is 0 Å². The van der Waals surface area contributed by atoms with Gasteiger partial charge in [-0.15, -0.1) is 0 Å². The summed E-state index contributed by atoms with van der Waals surface area (Å²) in [6, 6.07) is 6.37. The number of methoxy groups -OCH3 is 1. The predicted molar refractivity (Wildman–Crippen MR) is 148 cm³/mol. The molecule has 1 aromatic carbocycles.